The van der Waals surface area contributed by atoms with E-state index in [1.54, 1.807) is 0 Å². The predicted molar refractivity (Wildman–Crippen MR) is 79.6 cm³/mol. The Labute approximate surface area is 127 Å². The Morgan fingerprint density at radius 3 is 2.82 bits per heavy atom. The molecule has 5 heteroatoms. The number of fused-ring (bicyclic) bond motifs is 1. The molecular formula is C17H16FNO3. The highest BCUT2D eigenvalue weighted by molar-refractivity contribution is 5.77. The van der Waals surface area contributed by atoms with Crippen LogP contribution in [-0.4, -0.2) is 25.7 Å². The molecule has 0 spiro atoms. The summed E-state index contributed by atoms with van der Waals surface area (Å²) >= 11 is 0. The molecule has 2 aromatic carbocycles. The standard InChI is InChI=1S/C17H16FNO3/c18-13-5-7-14(8-6-13)21-11-17(20)19-9-12-10-22-16-4-2-1-3-15(12)16/h1-8,12H,9-11H2,(H,19,20). The Hall–Kier alpha value is -2.56. The van der Waals surface area contributed by atoms with Gasteiger partial charge in [0.1, 0.15) is 17.3 Å². The van der Waals surface area contributed by atoms with Crippen LogP contribution in [0.25, 0.3) is 0 Å². The van der Waals surface area contributed by atoms with Crippen molar-refractivity contribution in [1.82, 2.24) is 5.32 Å². The average molecular weight is 301 g/mol. The van der Waals surface area contributed by atoms with Crippen LogP contribution in [0.1, 0.15) is 11.5 Å². The van der Waals surface area contributed by atoms with E-state index >= 15 is 0 Å². The lowest BCUT2D eigenvalue weighted by molar-refractivity contribution is -0.123. The van der Waals surface area contributed by atoms with Crippen molar-refractivity contribution in [2.24, 2.45) is 0 Å². The second-order valence-electron chi connectivity index (χ2n) is 5.09. The van der Waals surface area contributed by atoms with Gasteiger partial charge in [-0.2, -0.15) is 0 Å². The van der Waals surface area contributed by atoms with Crippen molar-refractivity contribution in [2.45, 2.75) is 5.92 Å². The molecule has 1 unspecified atom stereocenters. The van der Waals surface area contributed by atoms with Crippen molar-refractivity contribution >= 4 is 5.91 Å². The molecule has 22 heavy (non-hydrogen) atoms. The summed E-state index contributed by atoms with van der Waals surface area (Å²) in [7, 11) is 0. The number of rotatable bonds is 5. The number of hydrogen-bond acceptors (Lipinski definition) is 3. The number of hydrogen-bond donors (Lipinski definition) is 1. The normalized spacial score (nSPS) is 15.8. The largest absolute Gasteiger partial charge is 0.493 e. The maximum Gasteiger partial charge on any atom is 0.257 e. The van der Waals surface area contributed by atoms with Crippen molar-refractivity contribution in [3.63, 3.8) is 0 Å². The SMILES string of the molecule is O=C(COc1ccc(F)cc1)NCC1COc2ccccc21. The number of nitrogens with one attached hydrogen (secondary N) is 1. The predicted octanol–water partition coefficient (Wildman–Crippen LogP) is 2.50. The molecule has 1 aliphatic rings. The van der Waals surface area contributed by atoms with Crippen molar-refractivity contribution < 1.29 is 18.7 Å². The molecule has 0 aliphatic carbocycles. The first-order chi connectivity index (χ1) is 10.7. The molecular weight excluding hydrogens is 285 g/mol. The zero-order valence-electron chi connectivity index (χ0n) is 11.9. The number of halogens is 1. The number of benzene rings is 2. The van der Waals surface area contributed by atoms with Gasteiger partial charge in [0, 0.05) is 18.0 Å². The van der Waals surface area contributed by atoms with Crippen LogP contribution in [0, 0.1) is 5.82 Å². The van der Waals surface area contributed by atoms with Gasteiger partial charge < -0.3 is 14.8 Å². The van der Waals surface area contributed by atoms with Crippen LogP contribution in [0.15, 0.2) is 48.5 Å². The molecule has 1 aliphatic heterocycles. The fraction of sp³-hybridized carbons (Fsp3) is 0.235. The summed E-state index contributed by atoms with van der Waals surface area (Å²) < 4.78 is 23.6. The number of carbonyl (C=O) groups is 1. The third-order valence-corrected chi connectivity index (χ3v) is 3.53. The van der Waals surface area contributed by atoms with E-state index in [4.69, 9.17) is 9.47 Å². The molecule has 0 fully saturated rings. The topological polar surface area (TPSA) is 47.6 Å². The minimum absolute atomic E-state index is 0.0964. The van der Waals surface area contributed by atoms with Gasteiger partial charge in [-0.1, -0.05) is 18.2 Å². The first kappa shape index (κ1) is 14.4. The maximum atomic E-state index is 12.8. The lowest BCUT2D eigenvalue weighted by atomic mass is 10.0. The summed E-state index contributed by atoms with van der Waals surface area (Å²) in [6.07, 6.45) is 0. The van der Waals surface area contributed by atoms with Crippen LogP contribution in [0.2, 0.25) is 0 Å². The van der Waals surface area contributed by atoms with E-state index in [-0.39, 0.29) is 24.2 Å². The first-order valence-corrected chi connectivity index (χ1v) is 7.09. The molecule has 2 aromatic rings. The Balaban J connectivity index is 1.46. The van der Waals surface area contributed by atoms with Crippen LogP contribution >= 0.6 is 0 Å². The molecule has 1 atom stereocenters. The minimum Gasteiger partial charge on any atom is -0.493 e. The van der Waals surface area contributed by atoms with Gasteiger partial charge in [0.05, 0.1) is 6.61 Å². The highest BCUT2D eigenvalue weighted by Crippen LogP contribution is 2.32. The van der Waals surface area contributed by atoms with E-state index in [9.17, 15) is 9.18 Å². The van der Waals surface area contributed by atoms with E-state index in [0.29, 0.717) is 18.9 Å². The lowest BCUT2D eigenvalue weighted by Gasteiger charge is -2.11. The summed E-state index contributed by atoms with van der Waals surface area (Å²) in [5, 5.41) is 2.83. The highest BCUT2D eigenvalue weighted by atomic mass is 19.1. The molecule has 1 heterocycles. The van der Waals surface area contributed by atoms with E-state index in [1.807, 2.05) is 24.3 Å². The second-order valence-corrected chi connectivity index (χ2v) is 5.09. The zero-order valence-corrected chi connectivity index (χ0v) is 11.9. The van der Waals surface area contributed by atoms with E-state index < -0.39 is 0 Å². The Morgan fingerprint density at radius 1 is 1.23 bits per heavy atom. The first-order valence-electron chi connectivity index (χ1n) is 7.09. The molecule has 3 rings (SSSR count). The molecule has 0 radical (unpaired) electrons. The molecule has 0 saturated carbocycles. The monoisotopic (exact) mass is 301 g/mol. The Bertz CT molecular complexity index is 657. The highest BCUT2D eigenvalue weighted by Gasteiger charge is 2.23. The number of carbonyl (C=O) groups excluding carboxylic acids is 1. The quantitative estimate of drug-likeness (QED) is 0.923. The molecule has 0 bridgehead atoms. The lowest BCUT2D eigenvalue weighted by Crippen LogP contribution is -2.32. The van der Waals surface area contributed by atoms with Gasteiger partial charge in [-0.25, -0.2) is 4.39 Å². The summed E-state index contributed by atoms with van der Waals surface area (Å²) in [6, 6.07) is 13.4. The van der Waals surface area contributed by atoms with Gasteiger partial charge in [0.2, 0.25) is 0 Å². The van der Waals surface area contributed by atoms with E-state index in [1.165, 1.54) is 24.3 Å². The van der Waals surface area contributed by atoms with Crippen LogP contribution in [0.3, 0.4) is 0 Å². The van der Waals surface area contributed by atoms with Crippen molar-refractivity contribution in [3.8, 4) is 11.5 Å². The van der Waals surface area contributed by atoms with Crippen molar-refractivity contribution in [3.05, 3.63) is 59.9 Å². The van der Waals surface area contributed by atoms with Gasteiger partial charge in [0.15, 0.2) is 6.61 Å². The number of amides is 1. The fourth-order valence-electron chi connectivity index (χ4n) is 2.37. The van der Waals surface area contributed by atoms with Crippen LogP contribution < -0.4 is 14.8 Å². The fourth-order valence-corrected chi connectivity index (χ4v) is 2.37. The Morgan fingerprint density at radius 2 is 2.00 bits per heavy atom. The molecule has 1 N–H and O–H groups in total. The molecule has 114 valence electrons. The third-order valence-electron chi connectivity index (χ3n) is 3.53. The van der Waals surface area contributed by atoms with Gasteiger partial charge in [-0.15, -0.1) is 0 Å². The summed E-state index contributed by atoms with van der Waals surface area (Å²) in [5.41, 5.74) is 1.11. The zero-order chi connectivity index (χ0) is 15.4. The average Bonchev–Trinajstić information content (AvgIpc) is 2.96. The number of ether oxygens (including phenoxy) is 2. The number of para-hydroxylation sites is 1. The minimum atomic E-state index is -0.336. The smallest absolute Gasteiger partial charge is 0.257 e. The maximum absolute atomic E-state index is 12.8. The van der Waals surface area contributed by atoms with Gasteiger partial charge in [0.25, 0.3) is 5.91 Å². The summed E-state index contributed by atoms with van der Waals surface area (Å²) in [4.78, 5) is 11.8. The van der Waals surface area contributed by atoms with Crippen LogP contribution in [-0.2, 0) is 4.79 Å². The van der Waals surface area contributed by atoms with Gasteiger partial charge >= 0.3 is 0 Å². The van der Waals surface area contributed by atoms with Crippen molar-refractivity contribution in [1.29, 1.82) is 0 Å². The van der Waals surface area contributed by atoms with Crippen molar-refractivity contribution in [2.75, 3.05) is 19.8 Å². The molecule has 0 aromatic heterocycles. The van der Waals surface area contributed by atoms with Crippen LogP contribution in [0.5, 0.6) is 11.5 Å². The second kappa shape index (κ2) is 6.47. The molecule has 1 amide bonds. The third kappa shape index (κ3) is 3.36. The molecule has 0 saturated heterocycles. The Kier molecular flexibility index (Phi) is 4.23. The van der Waals surface area contributed by atoms with Crippen LogP contribution in [0.4, 0.5) is 4.39 Å². The van der Waals surface area contributed by atoms with E-state index in [0.717, 1.165) is 11.3 Å². The van der Waals surface area contributed by atoms with Gasteiger partial charge in [-0.05, 0) is 30.3 Å². The molecule has 4 nitrogen and oxygen atoms in total. The van der Waals surface area contributed by atoms with E-state index in [2.05, 4.69) is 5.32 Å². The van der Waals surface area contributed by atoms with Gasteiger partial charge in [-0.3, -0.25) is 4.79 Å². The summed E-state index contributed by atoms with van der Waals surface area (Å²) in [6.45, 7) is 0.974. The summed E-state index contributed by atoms with van der Waals surface area (Å²) in [5.74, 6) is 0.951.